The van der Waals surface area contributed by atoms with Crippen molar-refractivity contribution in [3.05, 3.63) is 28.0 Å². The number of nitrogens with two attached hydrogens (primary N) is 1. The van der Waals surface area contributed by atoms with Crippen LogP contribution in [-0.4, -0.2) is 31.1 Å². The first-order valence-electron chi connectivity index (χ1n) is 6.24. The zero-order chi connectivity index (χ0) is 13.0. The van der Waals surface area contributed by atoms with Gasteiger partial charge in [-0.15, -0.1) is 0 Å². The van der Waals surface area contributed by atoms with Crippen molar-refractivity contribution < 1.29 is 9.13 Å². The number of benzene rings is 1. The molecule has 0 spiro atoms. The molecule has 1 aromatic rings. The Bertz CT molecular complexity index is 408. The molecule has 0 saturated carbocycles. The Hall–Kier alpha value is -0.650. The van der Waals surface area contributed by atoms with Gasteiger partial charge in [0.2, 0.25) is 0 Å². The zero-order valence-corrected chi connectivity index (χ0v) is 11.9. The predicted octanol–water partition coefficient (Wildman–Crippen LogP) is 2.52. The van der Waals surface area contributed by atoms with Crippen molar-refractivity contribution in [3.63, 3.8) is 0 Å². The average molecular weight is 317 g/mol. The summed E-state index contributed by atoms with van der Waals surface area (Å²) in [6.07, 6.45) is 2.51. The van der Waals surface area contributed by atoms with E-state index in [2.05, 4.69) is 20.8 Å². The molecule has 5 heteroatoms. The van der Waals surface area contributed by atoms with E-state index >= 15 is 0 Å². The van der Waals surface area contributed by atoms with Crippen LogP contribution in [0.3, 0.4) is 0 Å². The summed E-state index contributed by atoms with van der Waals surface area (Å²) in [5.74, 6) is -0.0716. The van der Waals surface area contributed by atoms with Crippen LogP contribution in [0.4, 0.5) is 4.39 Å². The monoisotopic (exact) mass is 316 g/mol. The lowest BCUT2D eigenvalue weighted by Gasteiger charge is -2.15. The minimum Gasteiger partial charge on any atom is -0.489 e. The highest BCUT2D eigenvalue weighted by Crippen LogP contribution is 2.28. The lowest BCUT2D eigenvalue weighted by molar-refractivity contribution is 0.231. The van der Waals surface area contributed by atoms with Gasteiger partial charge in [0.15, 0.2) is 11.6 Å². The molecular weight excluding hydrogens is 299 g/mol. The SMILES string of the molecule is NCc1ccc(OCCN2CCCC2)c(F)c1Br. The highest BCUT2D eigenvalue weighted by atomic mass is 79.9. The Kier molecular flexibility index (Phi) is 4.97. The summed E-state index contributed by atoms with van der Waals surface area (Å²) < 4.78 is 19.8. The van der Waals surface area contributed by atoms with E-state index < -0.39 is 0 Å². The first-order chi connectivity index (χ1) is 8.72. The number of halogens is 2. The molecule has 0 radical (unpaired) electrons. The summed E-state index contributed by atoms with van der Waals surface area (Å²) in [6, 6.07) is 3.44. The van der Waals surface area contributed by atoms with Gasteiger partial charge in [-0.3, -0.25) is 4.90 Å². The van der Waals surface area contributed by atoms with Crippen molar-refractivity contribution in [1.29, 1.82) is 0 Å². The summed E-state index contributed by atoms with van der Waals surface area (Å²) in [7, 11) is 0. The van der Waals surface area contributed by atoms with E-state index in [-0.39, 0.29) is 5.82 Å². The van der Waals surface area contributed by atoms with Gasteiger partial charge in [-0.2, -0.15) is 0 Å². The second-order valence-electron chi connectivity index (χ2n) is 4.45. The highest BCUT2D eigenvalue weighted by molar-refractivity contribution is 9.10. The summed E-state index contributed by atoms with van der Waals surface area (Å²) in [4.78, 5) is 2.33. The molecule has 1 aliphatic rings. The van der Waals surface area contributed by atoms with Crippen molar-refractivity contribution in [1.82, 2.24) is 4.90 Å². The second-order valence-corrected chi connectivity index (χ2v) is 5.25. The van der Waals surface area contributed by atoms with E-state index in [4.69, 9.17) is 10.5 Å². The number of hydrogen-bond donors (Lipinski definition) is 1. The van der Waals surface area contributed by atoms with Gasteiger partial charge in [0, 0.05) is 13.1 Å². The van der Waals surface area contributed by atoms with E-state index in [1.165, 1.54) is 12.8 Å². The maximum absolute atomic E-state index is 13.9. The number of likely N-dealkylation sites (tertiary alicyclic amines) is 1. The molecule has 0 bridgehead atoms. The molecule has 1 aromatic carbocycles. The number of rotatable bonds is 5. The highest BCUT2D eigenvalue weighted by Gasteiger charge is 2.13. The topological polar surface area (TPSA) is 38.5 Å². The van der Waals surface area contributed by atoms with Crippen molar-refractivity contribution in [2.75, 3.05) is 26.2 Å². The van der Waals surface area contributed by atoms with E-state index in [0.29, 0.717) is 23.4 Å². The number of hydrogen-bond acceptors (Lipinski definition) is 3. The smallest absolute Gasteiger partial charge is 0.179 e. The summed E-state index contributed by atoms with van der Waals surface area (Å²) >= 11 is 3.20. The standard InChI is InChI=1S/C13H18BrFN2O/c14-12-10(9-16)3-4-11(13(12)15)18-8-7-17-5-1-2-6-17/h3-4H,1-2,5-9,16H2. The normalized spacial score (nSPS) is 16.2. The molecule has 3 nitrogen and oxygen atoms in total. The third-order valence-electron chi connectivity index (χ3n) is 3.21. The third kappa shape index (κ3) is 3.22. The molecule has 0 unspecified atom stereocenters. The molecule has 1 aliphatic heterocycles. The number of nitrogens with zero attached hydrogens (tertiary/aromatic N) is 1. The van der Waals surface area contributed by atoms with Crippen LogP contribution in [0.1, 0.15) is 18.4 Å². The summed E-state index contributed by atoms with van der Waals surface area (Å²) in [5, 5.41) is 0. The predicted molar refractivity (Wildman–Crippen MR) is 73.2 cm³/mol. The van der Waals surface area contributed by atoms with E-state index in [0.717, 1.165) is 25.2 Å². The molecule has 0 aromatic heterocycles. The molecule has 1 heterocycles. The van der Waals surface area contributed by atoms with Crippen LogP contribution in [0.5, 0.6) is 5.75 Å². The average Bonchev–Trinajstić information content (AvgIpc) is 2.88. The summed E-state index contributed by atoms with van der Waals surface area (Å²) in [6.45, 7) is 3.94. The molecule has 1 fully saturated rings. The summed E-state index contributed by atoms with van der Waals surface area (Å²) in [5.41, 5.74) is 6.26. The maximum atomic E-state index is 13.9. The molecule has 2 N–H and O–H groups in total. The fourth-order valence-electron chi connectivity index (χ4n) is 2.13. The Morgan fingerprint density at radius 1 is 1.33 bits per heavy atom. The van der Waals surface area contributed by atoms with Gasteiger partial charge in [0.1, 0.15) is 6.61 Å². The van der Waals surface area contributed by atoms with Gasteiger partial charge in [0.25, 0.3) is 0 Å². The zero-order valence-electron chi connectivity index (χ0n) is 10.3. The van der Waals surface area contributed by atoms with Crippen molar-refractivity contribution in [3.8, 4) is 5.75 Å². The van der Waals surface area contributed by atoms with Crippen LogP contribution < -0.4 is 10.5 Å². The van der Waals surface area contributed by atoms with Crippen molar-refractivity contribution in [2.24, 2.45) is 5.73 Å². The minimum atomic E-state index is -0.362. The van der Waals surface area contributed by atoms with Crippen LogP contribution in [-0.2, 0) is 6.54 Å². The third-order valence-corrected chi connectivity index (χ3v) is 4.07. The van der Waals surface area contributed by atoms with E-state index in [1.54, 1.807) is 12.1 Å². The molecule has 0 amide bonds. The Morgan fingerprint density at radius 2 is 2.06 bits per heavy atom. The second kappa shape index (κ2) is 6.50. The Morgan fingerprint density at radius 3 is 2.72 bits per heavy atom. The van der Waals surface area contributed by atoms with Crippen LogP contribution in [0.2, 0.25) is 0 Å². The van der Waals surface area contributed by atoms with Gasteiger partial charge >= 0.3 is 0 Å². The van der Waals surface area contributed by atoms with Crippen molar-refractivity contribution >= 4 is 15.9 Å². The Balaban J connectivity index is 1.90. The van der Waals surface area contributed by atoms with Gasteiger partial charge in [-0.25, -0.2) is 4.39 Å². The fraction of sp³-hybridized carbons (Fsp3) is 0.538. The lowest BCUT2D eigenvalue weighted by Crippen LogP contribution is -2.25. The lowest BCUT2D eigenvalue weighted by atomic mass is 10.2. The molecule has 1 saturated heterocycles. The van der Waals surface area contributed by atoms with Gasteiger partial charge < -0.3 is 10.5 Å². The molecule has 100 valence electrons. The first-order valence-corrected chi connectivity index (χ1v) is 7.03. The van der Waals surface area contributed by atoms with Crippen LogP contribution in [0.15, 0.2) is 16.6 Å². The molecule has 2 rings (SSSR count). The van der Waals surface area contributed by atoms with Crippen molar-refractivity contribution in [2.45, 2.75) is 19.4 Å². The number of ether oxygens (including phenoxy) is 1. The largest absolute Gasteiger partial charge is 0.489 e. The molecular formula is C13H18BrFN2O. The van der Waals surface area contributed by atoms with Gasteiger partial charge in [0.05, 0.1) is 4.47 Å². The van der Waals surface area contributed by atoms with Gasteiger partial charge in [-0.1, -0.05) is 6.07 Å². The van der Waals surface area contributed by atoms with E-state index in [9.17, 15) is 4.39 Å². The molecule has 0 aliphatic carbocycles. The van der Waals surface area contributed by atoms with Crippen LogP contribution in [0, 0.1) is 5.82 Å². The van der Waals surface area contributed by atoms with Crippen LogP contribution in [0.25, 0.3) is 0 Å². The van der Waals surface area contributed by atoms with Crippen LogP contribution >= 0.6 is 15.9 Å². The fourth-order valence-corrected chi connectivity index (χ4v) is 2.62. The van der Waals surface area contributed by atoms with E-state index in [1.807, 2.05) is 0 Å². The Labute approximate surface area is 115 Å². The maximum Gasteiger partial charge on any atom is 0.179 e. The minimum absolute atomic E-state index is 0.290. The molecule has 18 heavy (non-hydrogen) atoms. The molecule has 0 atom stereocenters. The first kappa shape index (κ1) is 13.8. The van der Waals surface area contributed by atoms with Gasteiger partial charge in [-0.05, 0) is 53.5 Å². The quantitative estimate of drug-likeness (QED) is 0.907.